The molecule has 0 aliphatic carbocycles. The lowest BCUT2D eigenvalue weighted by Gasteiger charge is -2.18. The number of nitrogens with zero attached hydrogens (tertiary/aromatic N) is 1. The van der Waals surface area contributed by atoms with E-state index in [1.54, 1.807) is 56.3 Å². The van der Waals surface area contributed by atoms with E-state index in [1.165, 1.54) is 4.31 Å². The van der Waals surface area contributed by atoms with E-state index in [0.717, 1.165) is 10.0 Å². The molecule has 29 heavy (non-hydrogen) atoms. The molecule has 0 unspecified atom stereocenters. The van der Waals surface area contributed by atoms with Crippen molar-refractivity contribution >= 4 is 43.5 Å². The summed E-state index contributed by atoms with van der Waals surface area (Å²) in [7, 11) is -3.49. The quantitative estimate of drug-likeness (QED) is 0.566. The predicted octanol–water partition coefficient (Wildman–Crippen LogP) is 2.78. The monoisotopic (exact) mass is 481 g/mol. The number of benzene rings is 2. The van der Waals surface area contributed by atoms with Crippen LogP contribution in [0.15, 0.2) is 57.9 Å². The molecule has 0 spiro atoms. The summed E-state index contributed by atoms with van der Waals surface area (Å²) < 4.78 is 27.1. The highest BCUT2D eigenvalue weighted by molar-refractivity contribution is 9.10. The van der Waals surface area contributed by atoms with Gasteiger partial charge in [-0.1, -0.05) is 48.0 Å². The number of hydrogen-bond acceptors (Lipinski definition) is 4. The van der Waals surface area contributed by atoms with E-state index in [1.807, 2.05) is 6.07 Å². The summed E-state index contributed by atoms with van der Waals surface area (Å²) >= 11 is 3.30. The van der Waals surface area contributed by atoms with E-state index in [0.29, 0.717) is 25.2 Å². The first-order chi connectivity index (χ1) is 13.8. The SMILES string of the molecule is CCN(CC)S(=O)(=O)c1ccc(CCNC(=O)C(=O)Nc2cccc(Br)c2)cc1. The molecule has 2 aromatic rings. The Bertz CT molecular complexity index is 958. The number of amides is 2. The van der Waals surface area contributed by atoms with E-state index in [4.69, 9.17) is 0 Å². The van der Waals surface area contributed by atoms with Crippen molar-refractivity contribution in [2.24, 2.45) is 0 Å². The zero-order valence-electron chi connectivity index (χ0n) is 16.3. The van der Waals surface area contributed by atoms with E-state index in [-0.39, 0.29) is 11.4 Å². The molecule has 2 rings (SSSR count). The molecule has 0 heterocycles. The normalized spacial score (nSPS) is 11.3. The van der Waals surface area contributed by atoms with Crippen molar-refractivity contribution in [3.05, 3.63) is 58.6 Å². The van der Waals surface area contributed by atoms with Crippen LogP contribution in [0.3, 0.4) is 0 Å². The van der Waals surface area contributed by atoms with Crippen LogP contribution in [0.25, 0.3) is 0 Å². The van der Waals surface area contributed by atoms with Gasteiger partial charge in [0.25, 0.3) is 0 Å². The van der Waals surface area contributed by atoms with E-state index in [2.05, 4.69) is 26.6 Å². The van der Waals surface area contributed by atoms with Crippen molar-refractivity contribution in [1.29, 1.82) is 0 Å². The summed E-state index contributed by atoms with van der Waals surface area (Å²) in [5, 5.41) is 5.08. The standard InChI is InChI=1S/C20H24BrN3O4S/c1-3-24(4-2)29(27,28)18-10-8-15(9-11-18)12-13-22-19(25)20(26)23-17-7-5-6-16(21)14-17/h5-11,14H,3-4,12-13H2,1-2H3,(H,22,25)(H,23,26). The Morgan fingerprint density at radius 3 is 2.24 bits per heavy atom. The van der Waals surface area contributed by atoms with Crippen LogP contribution in [0.4, 0.5) is 5.69 Å². The minimum Gasteiger partial charge on any atom is -0.347 e. The van der Waals surface area contributed by atoms with Crippen molar-refractivity contribution in [3.63, 3.8) is 0 Å². The number of sulfonamides is 1. The topological polar surface area (TPSA) is 95.6 Å². The molecule has 0 aliphatic rings. The average molecular weight is 482 g/mol. The second-order valence-electron chi connectivity index (χ2n) is 6.20. The summed E-state index contributed by atoms with van der Waals surface area (Å²) in [4.78, 5) is 24.1. The van der Waals surface area contributed by atoms with Gasteiger partial charge in [-0.05, 0) is 42.3 Å². The average Bonchev–Trinajstić information content (AvgIpc) is 2.69. The third-order valence-electron chi connectivity index (χ3n) is 4.25. The molecule has 0 fully saturated rings. The second kappa shape index (κ2) is 10.5. The minimum absolute atomic E-state index is 0.238. The largest absolute Gasteiger partial charge is 0.347 e. The maximum absolute atomic E-state index is 12.5. The molecule has 7 nitrogen and oxygen atoms in total. The van der Waals surface area contributed by atoms with Crippen LogP contribution in [-0.4, -0.2) is 44.2 Å². The molecular formula is C20H24BrN3O4S. The Morgan fingerprint density at radius 1 is 1.00 bits per heavy atom. The molecule has 9 heteroatoms. The smallest absolute Gasteiger partial charge is 0.313 e. The van der Waals surface area contributed by atoms with Gasteiger partial charge in [-0.15, -0.1) is 0 Å². The first-order valence-electron chi connectivity index (χ1n) is 9.21. The van der Waals surface area contributed by atoms with Crippen LogP contribution in [0.1, 0.15) is 19.4 Å². The summed E-state index contributed by atoms with van der Waals surface area (Å²) in [5.74, 6) is -1.48. The lowest BCUT2D eigenvalue weighted by molar-refractivity contribution is -0.136. The first-order valence-corrected chi connectivity index (χ1v) is 11.4. The summed E-state index contributed by atoms with van der Waals surface area (Å²) in [6.45, 7) is 4.67. The van der Waals surface area contributed by atoms with Crippen LogP contribution in [-0.2, 0) is 26.0 Å². The summed E-state index contributed by atoms with van der Waals surface area (Å²) in [5.41, 5.74) is 1.38. The van der Waals surface area contributed by atoms with Gasteiger partial charge in [0.2, 0.25) is 10.0 Å². The molecular weight excluding hydrogens is 458 g/mol. The molecule has 0 saturated heterocycles. The van der Waals surface area contributed by atoms with Crippen molar-refractivity contribution in [3.8, 4) is 0 Å². The first kappa shape index (κ1) is 23.1. The van der Waals surface area contributed by atoms with Gasteiger partial charge in [-0.2, -0.15) is 4.31 Å². The van der Waals surface area contributed by atoms with Crippen LogP contribution in [0.5, 0.6) is 0 Å². The Balaban J connectivity index is 1.87. The zero-order chi connectivity index (χ0) is 21.4. The minimum atomic E-state index is -3.49. The summed E-state index contributed by atoms with van der Waals surface area (Å²) in [6, 6.07) is 13.5. The molecule has 0 aromatic heterocycles. The fourth-order valence-electron chi connectivity index (χ4n) is 2.70. The van der Waals surface area contributed by atoms with Gasteiger partial charge in [0.15, 0.2) is 0 Å². The van der Waals surface area contributed by atoms with Gasteiger partial charge >= 0.3 is 11.8 Å². The Kier molecular flexibility index (Phi) is 8.36. The zero-order valence-corrected chi connectivity index (χ0v) is 18.7. The van der Waals surface area contributed by atoms with Crippen molar-refractivity contribution < 1.29 is 18.0 Å². The third-order valence-corrected chi connectivity index (χ3v) is 6.81. The van der Waals surface area contributed by atoms with E-state index < -0.39 is 21.8 Å². The van der Waals surface area contributed by atoms with Crippen LogP contribution in [0.2, 0.25) is 0 Å². The molecule has 0 bridgehead atoms. The molecule has 2 amide bonds. The van der Waals surface area contributed by atoms with Crippen LogP contribution in [0, 0.1) is 0 Å². The number of halogens is 1. The molecule has 0 atom stereocenters. The second-order valence-corrected chi connectivity index (χ2v) is 9.06. The number of anilines is 1. The van der Waals surface area contributed by atoms with E-state index >= 15 is 0 Å². The highest BCUT2D eigenvalue weighted by Crippen LogP contribution is 2.17. The molecule has 2 aromatic carbocycles. The Labute approximate surface area is 179 Å². The predicted molar refractivity (Wildman–Crippen MR) is 116 cm³/mol. The van der Waals surface area contributed by atoms with Gasteiger partial charge in [-0.25, -0.2) is 8.42 Å². The maximum atomic E-state index is 12.5. The van der Waals surface area contributed by atoms with Crippen molar-refractivity contribution in [1.82, 2.24) is 9.62 Å². The maximum Gasteiger partial charge on any atom is 0.313 e. The van der Waals surface area contributed by atoms with Crippen LogP contribution < -0.4 is 10.6 Å². The highest BCUT2D eigenvalue weighted by atomic mass is 79.9. The molecule has 2 N–H and O–H groups in total. The van der Waals surface area contributed by atoms with Gasteiger partial charge < -0.3 is 10.6 Å². The van der Waals surface area contributed by atoms with Gasteiger partial charge in [0.1, 0.15) is 0 Å². The third kappa shape index (κ3) is 6.38. The Hall–Kier alpha value is -2.23. The molecule has 156 valence electrons. The molecule has 0 aliphatic heterocycles. The fraction of sp³-hybridized carbons (Fsp3) is 0.300. The molecule has 0 saturated carbocycles. The fourth-order valence-corrected chi connectivity index (χ4v) is 4.55. The van der Waals surface area contributed by atoms with E-state index in [9.17, 15) is 18.0 Å². The number of nitrogens with one attached hydrogen (secondary N) is 2. The number of rotatable bonds is 8. The van der Waals surface area contributed by atoms with Gasteiger partial charge in [-0.3, -0.25) is 9.59 Å². The lowest BCUT2D eigenvalue weighted by atomic mass is 10.1. The van der Waals surface area contributed by atoms with Crippen LogP contribution >= 0.6 is 15.9 Å². The Morgan fingerprint density at radius 2 is 1.66 bits per heavy atom. The number of hydrogen-bond donors (Lipinski definition) is 2. The number of carbonyl (C=O) groups is 2. The molecule has 0 radical (unpaired) electrons. The summed E-state index contributed by atoms with van der Waals surface area (Å²) in [6.07, 6.45) is 0.474. The highest BCUT2D eigenvalue weighted by Gasteiger charge is 2.21. The van der Waals surface area contributed by atoms with Crippen molar-refractivity contribution in [2.45, 2.75) is 25.2 Å². The number of carbonyl (C=O) groups excluding carboxylic acids is 2. The van der Waals surface area contributed by atoms with Gasteiger partial charge in [0, 0.05) is 29.8 Å². The lowest BCUT2D eigenvalue weighted by Crippen LogP contribution is -2.36. The van der Waals surface area contributed by atoms with Crippen molar-refractivity contribution in [2.75, 3.05) is 25.0 Å². The van der Waals surface area contributed by atoms with Gasteiger partial charge in [0.05, 0.1) is 4.90 Å².